The molecule has 1 heterocycles. The van der Waals surface area contributed by atoms with Crippen molar-refractivity contribution in [3.63, 3.8) is 0 Å². The SMILES string of the molecule is O=C(O)CSc1nnc(CO)n1CC1Cc2ccccc21. The molecule has 0 aliphatic heterocycles. The van der Waals surface area contributed by atoms with Gasteiger partial charge >= 0.3 is 5.97 Å². The van der Waals surface area contributed by atoms with E-state index in [0.29, 0.717) is 23.4 Å². The molecule has 2 N–H and O–H groups in total. The molecule has 0 radical (unpaired) electrons. The predicted octanol–water partition coefficient (Wildman–Crippen LogP) is 1.29. The number of aliphatic hydroxyl groups excluding tert-OH is 1. The topological polar surface area (TPSA) is 88.2 Å². The lowest BCUT2D eigenvalue weighted by atomic mass is 9.77. The van der Waals surface area contributed by atoms with Crippen molar-refractivity contribution in [2.75, 3.05) is 5.75 Å². The van der Waals surface area contributed by atoms with Crippen LogP contribution in [0.4, 0.5) is 0 Å². The van der Waals surface area contributed by atoms with E-state index in [1.807, 2.05) is 16.7 Å². The van der Waals surface area contributed by atoms with E-state index in [9.17, 15) is 9.90 Å². The summed E-state index contributed by atoms with van der Waals surface area (Å²) in [7, 11) is 0. The molecular weight excluding hydrogens is 290 g/mol. The zero-order chi connectivity index (χ0) is 14.8. The number of aliphatic hydroxyl groups is 1. The van der Waals surface area contributed by atoms with Gasteiger partial charge < -0.3 is 14.8 Å². The maximum atomic E-state index is 10.7. The summed E-state index contributed by atoms with van der Waals surface area (Å²) in [6, 6.07) is 8.27. The van der Waals surface area contributed by atoms with Gasteiger partial charge in [-0.15, -0.1) is 10.2 Å². The van der Waals surface area contributed by atoms with Gasteiger partial charge in [0, 0.05) is 12.5 Å². The van der Waals surface area contributed by atoms with E-state index in [4.69, 9.17) is 5.11 Å². The highest BCUT2D eigenvalue weighted by atomic mass is 32.2. The van der Waals surface area contributed by atoms with Gasteiger partial charge in [-0.3, -0.25) is 4.79 Å². The third-order valence-electron chi connectivity index (χ3n) is 3.62. The molecule has 0 bridgehead atoms. The van der Waals surface area contributed by atoms with E-state index in [-0.39, 0.29) is 12.4 Å². The van der Waals surface area contributed by atoms with Crippen molar-refractivity contribution < 1.29 is 15.0 Å². The van der Waals surface area contributed by atoms with Crippen LogP contribution in [0.3, 0.4) is 0 Å². The second-order valence-corrected chi connectivity index (χ2v) is 5.89. The monoisotopic (exact) mass is 305 g/mol. The molecule has 110 valence electrons. The Balaban J connectivity index is 1.78. The van der Waals surface area contributed by atoms with Crippen molar-refractivity contribution in [1.82, 2.24) is 14.8 Å². The maximum Gasteiger partial charge on any atom is 0.313 e. The lowest BCUT2D eigenvalue weighted by Crippen LogP contribution is -2.23. The average Bonchev–Trinajstić information content (AvgIpc) is 2.84. The van der Waals surface area contributed by atoms with Gasteiger partial charge in [0.1, 0.15) is 6.61 Å². The molecule has 1 atom stereocenters. The Kier molecular flexibility index (Phi) is 3.94. The van der Waals surface area contributed by atoms with Gasteiger partial charge in [0.25, 0.3) is 0 Å². The summed E-state index contributed by atoms with van der Waals surface area (Å²) in [6.45, 7) is 0.469. The van der Waals surface area contributed by atoms with Crippen molar-refractivity contribution in [2.45, 2.75) is 30.6 Å². The first-order valence-corrected chi connectivity index (χ1v) is 7.63. The van der Waals surface area contributed by atoms with Gasteiger partial charge in [-0.1, -0.05) is 36.0 Å². The fourth-order valence-electron chi connectivity index (χ4n) is 2.60. The molecule has 2 aromatic rings. The van der Waals surface area contributed by atoms with E-state index in [0.717, 1.165) is 18.2 Å². The molecule has 1 unspecified atom stereocenters. The number of rotatable bonds is 6. The molecule has 1 aromatic heterocycles. The number of hydrogen-bond acceptors (Lipinski definition) is 5. The van der Waals surface area contributed by atoms with E-state index in [2.05, 4.69) is 22.3 Å². The molecule has 0 amide bonds. The van der Waals surface area contributed by atoms with E-state index in [1.54, 1.807) is 0 Å². The number of aromatic nitrogens is 3. The van der Waals surface area contributed by atoms with E-state index >= 15 is 0 Å². The number of carboxylic acids is 1. The summed E-state index contributed by atoms with van der Waals surface area (Å²) < 4.78 is 1.83. The zero-order valence-electron chi connectivity index (χ0n) is 11.3. The molecule has 0 spiro atoms. The van der Waals surface area contributed by atoms with Crippen LogP contribution in [-0.2, 0) is 24.4 Å². The standard InChI is InChI=1S/C14H15N3O3S/c18-7-12-15-16-14(21-8-13(19)20)17(12)6-10-5-9-3-1-2-4-11(9)10/h1-4,10,18H,5-8H2,(H,19,20). The molecule has 6 nitrogen and oxygen atoms in total. The molecule has 0 saturated carbocycles. The Bertz CT molecular complexity index is 671. The minimum absolute atomic E-state index is 0.0647. The second kappa shape index (κ2) is 5.87. The van der Waals surface area contributed by atoms with E-state index < -0.39 is 5.97 Å². The Labute approximate surface area is 125 Å². The summed E-state index contributed by atoms with van der Waals surface area (Å²) >= 11 is 1.13. The van der Waals surface area contributed by atoms with Crippen molar-refractivity contribution in [3.05, 3.63) is 41.2 Å². The maximum absolute atomic E-state index is 10.7. The van der Waals surface area contributed by atoms with Crippen molar-refractivity contribution in [2.24, 2.45) is 0 Å². The molecule has 0 fully saturated rings. The Morgan fingerprint density at radius 2 is 2.19 bits per heavy atom. The largest absolute Gasteiger partial charge is 0.481 e. The summed E-state index contributed by atoms with van der Waals surface area (Å²) in [4.78, 5) is 10.7. The van der Waals surface area contributed by atoms with Gasteiger partial charge in [-0.05, 0) is 17.5 Å². The number of aliphatic carboxylic acids is 1. The minimum atomic E-state index is -0.894. The first kappa shape index (κ1) is 14.1. The highest BCUT2D eigenvalue weighted by Crippen LogP contribution is 2.36. The highest BCUT2D eigenvalue weighted by Gasteiger charge is 2.27. The van der Waals surface area contributed by atoms with Crippen LogP contribution in [0, 0.1) is 0 Å². The van der Waals surface area contributed by atoms with Gasteiger partial charge in [0.05, 0.1) is 5.75 Å². The third kappa shape index (κ3) is 2.79. The first-order valence-electron chi connectivity index (χ1n) is 6.64. The third-order valence-corrected chi connectivity index (χ3v) is 4.58. The molecule has 1 aromatic carbocycles. The molecule has 7 heteroatoms. The molecule has 1 aliphatic rings. The number of benzene rings is 1. The fourth-order valence-corrected chi connectivity index (χ4v) is 3.29. The Morgan fingerprint density at radius 1 is 1.38 bits per heavy atom. The summed E-state index contributed by atoms with van der Waals surface area (Å²) in [5.41, 5.74) is 2.66. The fraction of sp³-hybridized carbons (Fsp3) is 0.357. The Hall–Kier alpha value is -1.86. The number of fused-ring (bicyclic) bond motifs is 1. The van der Waals surface area contributed by atoms with Crippen LogP contribution in [0.25, 0.3) is 0 Å². The van der Waals surface area contributed by atoms with Crippen LogP contribution >= 0.6 is 11.8 Å². The van der Waals surface area contributed by atoms with Gasteiger partial charge in [-0.25, -0.2) is 0 Å². The molecular formula is C14H15N3O3S. The average molecular weight is 305 g/mol. The van der Waals surface area contributed by atoms with Crippen LogP contribution in [0.5, 0.6) is 0 Å². The quantitative estimate of drug-likeness (QED) is 0.782. The summed E-state index contributed by atoms with van der Waals surface area (Å²) in [5.74, 6) is -0.113. The summed E-state index contributed by atoms with van der Waals surface area (Å²) in [6.07, 6.45) is 0.988. The van der Waals surface area contributed by atoms with Crippen LogP contribution in [0.15, 0.2) is 29.4 Å². The zero-order valence-corrected chi connectivity index (χ0v) is 12.1. The predicted molar refractivity (Wildman–Crippen MR) is 77.2 cm³/mol. The first-order chi connectivity index (χ1) is 10.2. The van der Waals surface area contributed by atoms with Crippen molar-refractivity contribution in [3.8, 4) is 0 Å². The van der Waals surface area contributed by atoms with Crippen molar-refractivity contribution in [1.29, 1.82) is 0 Å². The number of nitrogens with zero attached hydrogens (tertiary/aromatic N) is 3. The van der Waals surface area contributed by atoms with Crippen LogP contribution in [0.1, 0.15) is 22.9 Å². The van der Waals surface area contributed by atoms with Crippen LogP contribution in [-0.4, -0.2) is 36.7 Å². The Morgan fingerprint density at radius 3 is 2.90 bits per heavy atom. The van der Waals surface area contributed by atoms with Crippen LogP contribution < -0.4 is 0 Å². The lowest BCUT2D eigenvalue weighted by molar-refractivity contribution is -0.133. The minimum Gasteiger partial charge on any atom is -0.481 e. The van der Waals surface area contributed by atoms with Crippen LogP contribution in [0.2, 0.25) is 0 Å². The second-order valence-electron chi connectivity index (χ2n) is 4.95. The number of carbonyl (C=O) groups is 1. The number of hydrogen-bond donors (Lipinski definition) is 2. The highest BCUT2D eigenvalue weighted by molar-refractivity contribution is 7.99. The summed E-state index contributed by atoms with van der Waals surface area (Å²) in [5, 5.41) is 26.6. The number of thioether (sulfide) groups is 1. The smallest absolute Gasteiger partial charge is 0.313 e. The molecule has 0 saturated heterocycles. The van der Waals surface area contributed by atoms with Gasteiger partial charge in [0.2, 0.25) is 0 Å². The van der Waals surface area contributed by atoms with Gasteiger partial charge in [-0.2, -0.15) is 0 Å². The molecule has 21 heavy (non-hydrogen) atoms. The number of carboxylic acid groups (broad SMARTS) is 1. The van der Waals surface area contributed by atoms with Gasteiger partial charge in [0.15, 0.2) is 11.0 Å². The lowest BCUT2D eigenvalue weighted by Gasteiger charge is -2.30. The van der Waals surface area contributed by atoms with Crippen molar-refractivity contribution >= 4 is 17.7 Å². The molecule has 1 aliphatic carbocycles. The van der Waals surface area contributed by atoms with E-state index in [1.165, 1.54) is 11.1 Å². The normalized spacial score (nSPS) is 16.3. The molecule has 3 rings (SSSR count).